The first kappa shape index (κ1) is 13.2. The summed E-state index contributed by atoms with van der Waals surface area (Å²) in [5.74, 6) is 0.206. The first-order valence-corrected chi connectivity index (χ1v) is 6.91. The van der Waals surface area contributed by atoms with Crippen LogP contribution in [0, 0.1) is 0 Å². The number of nitrogens with one attached hydrogen (secondary N) is 2. The van der Waals surface area contributed by atoms with E-state index in [-0.39, 0.29) is 5.75 Å². The highest BCUT2D eigenvalue weighted by atomic mass is 16.3. The summed E-state index contributed by atoms with van der Waals surface area (Å²) >= 11 is 0. The van der Waals surface area contributed by atoms with Crippen molar-refractivity contribution in [3.05, 3.63) is 58.9 Å². The summed E-state index contributed by atoms with van der Waals surface area (Å²) in [6, 6.07) is 14.7. The number of tetrazole rings is 1. The number of aromatic hydroxyl groups is 1. The van der Waals surface area contributed by atoms with Crippen LogP contribution in [0.4, 0.5) is 0 Å². The van der Waals surface area contributed by atoms with Crippen LogP contribution in [0.25, 0.3) is 33.4 Å². The van der Waals surface area contributed by atoms with Crippen LogP contribution in [0.2, 0.25) is 0 Å². The van der Waals surface area contributed by atoms with Crippen molar-refractivity contribution in [2.24, 2.45) is 0 Å². The second kappa shape index (κ2) is 5.06. The van der Waals surface area contributed by atoms with Crippen molar-refractivity contribution in [1.29, 1.82) is 0 Å². The Balaban J connectivity index is 1.93. The number of rotatable bonds is 2. The van der Waals surface area contributed by atoms with E-state index in [1.54, 1.807) is 0 Å². The predicted molar refractivity (Wildman–Crippen MR) is 84.8 cm³/mol. The molecule has 0 aliphatic rings. The predicted octanol–water partition coefficient (Wildman–Crippen LogP) is 2.08. The fourth-order valence-electron chi connectivity index (χ4n) is 2.56. The van der Waals surface area contributed by atoms with Gasteiger partial charge in [-0.05, 0) is 28.5 Å². The van der Waals surface area contributed by atoms with Gasteiger partial charge in [0, 0.05) is 16.5 Å². The molecule has 0 aliphatic carbocycles. The molecule has 7 heteroatoms. The number of H-pyrrole nitrogens is 2. The first-order valence-electron chi connectivity index (χ1n) is 6.91. The number of nitrogens with zero attached hydrogens (tertiary/aromatic N) is 3. The van der Waals surface area contributed by atoms with Gasteiger partial charge >= 0.3 is 0 Å². The van der Waals surface area contributed by atoms with E-state index < -0.39 is 5.56 Å². The van der Waals surface area contributed by atoms with Crippen LogP contribution in [0.3, 0.4) is 0 Å². The molecule has 2 aromatic carbocycles. The molecule has 0 spiro atoms. The maximum Gasteiger partial charge on any atom is 0.290 e. The van der Waals surface area contributed by atoms with Gasteiger partial charge in [0.05, 0.1) is 0 Å². The van der Waals surface area contributed by atoms with E-state index in [4.69, 9.17) is 0 Å². The smallest absolute Gasteiger partial charge is 0.290 e. The lowest BCUT2D eigenvalue weighted by Gasteiger charge is -2.08. The summed E-state index contributed by atoms with van der Waals surface area (Å²) in [5, 5.41) is 24.3. The van der Waals surface area contributed by atoms with Crippen LogP contribution in [-0.2, 0) is 0 Å². The van der Waals surface area contributed by atoms with Crippen molar-refractivity contribution >= 4 is 10.9 Å². The SMILES string of the molecule is O=c1[nH]c2cc(-c3ccccc3-c3nn[nH]n3)ccc2cc1O. The number of pyridine rings is 1. The summed E-state index contributed by atoms with van der Waals surface area (Å²) in [7, 11) is 0. The van der Waals surface area contributed by atoms with Crippen molar-refractivity contribution in [2.45, 2.75) is 0 Å². The lowest BCUT2D eigenvalue weighted by Crippen LogP contribution is -2.04. The van der Waals surface area contributed by atoms with Gasteiger partial charge in [-0.15, -0.1) is 10.2 Å². The number of aromatic nitrogens is 5. The molecule has 2 aromatic heterocycles. The van der Waals surface area contributed by atoms with Gasteiger partial charge in [0.2, 0.25) is 5.82 Å². The summed E-state index contributed by atoms with van der Waals surface area (Å²) in [6.45, 7) is 0. The van der Waals surface area contributed by atoms with Crippen molar-refractivity contribution < 1.29 is 5.11 Å². The van der Waals surface area contributed by atoms with Gasteiger partial charge in [0.15, 0.2) is 5.75 Å². The number of hydrogen-bond acceptors (Lipinski definition) is 5. The van der Waals surface area contributed by atoms with Gasteiger partial charge in [-0.1, -0.05) is 36.4 Å². The molecule has 3 N–H and O–H groups in total. The molecule has 7 nitrogen and oxygen atoms in total. The fraction of sp³-hybridized carbons (Fsp3) is 0. The number of fused-ring (bicyclic) bond motifs is 1. The van der Waals surface area contributed by atoms with E-state index in [0.717, 1.165) is 22.1 Å². The molecule has 0 saturated heterocycles. The minimum absolute atomic E-state index is 0.294. The maximum absolute atomic E-state index is 11.6. The summed E-state index contributed by atoms with van der Waals surface area (Å²) in [5.41, 5.74) is 2.79. The van der Waals surface area contributed by atoms with Crippen molar-refractivity contribution in [1.82, 2.24) is 25.6 Å². The molecule has 4 rings (SSSR count). The van der Waals surface area contributed by atoms with Crippen molar-refractivity contribution in [3.63, 3.8) is 0 Å². The van der Waals surface area contributed by atoms with Gasteiger partial charge < -0.3 is 10.1 Å². The molecule has 0 bridgehead atoms. The highest BCUT2D eigenvalue weighted by molar-refractivity contribution is 5.88. The Morgan fingerprint density at radius 2 is 1.83 bits per heavy atom. The number of aromatic amines is 2. The Morgan fingerprint density at radius 3 is 2.61 bits per heavy atom. The third kappa shape index (κ3) is 2.24. The van der Waals surface area contributed by atoms with Crippen LogP contribution < -0.4 is 5.56 Å². The van der Waals surface area contributed by atoms with Crippen LogP contribution in [0.15, 0.2) is 53.3 Å². The third-order valence-electron chi connectivity index (χ3n) is 3.65. The number of hydrogen-bond donors (Lipinski definition) is 3. The van der Waals surface area contributed by atoms with Gasteiger partial charge in [0.25, 0.3) is 5.56 Å². The van der Waals surface area contributed by atoms with E-state index >= 15 is 0 Å². The Labute approximate surface area is 129 Å². The molecule has 0 radical (unpaired) electrons. The summed E-state index contributed by atoms with van der Waals surface area (Å²) in [4.78, 5) is 14.3. The van der Waals surface area contributed by atoms with Gasteiger partial charge in [0.1, 0.15) is 0 Å². The molecular formula is C16H11N5O2. The van der Waals surface area contributed by atoms with Gasteiger partial charge in [-0.2, -0.15) is 5.21 Å². The molecule has 23 heavy (non-hydrogen) atoms. The third-order valence-corrected chi connectivity index (χ3v) is 3.65. The fourth-order valence-corrected chi connectivity index (χ4v) is 2.56. The Hall–Kier alpha value is -3.48. The highest BCUT2D eigenvalue weighted by Gasteiger charge is 2.11. The van der Waals surface area contributed by atoms with E-state index in [2.05, 4.69) is 25.6 Å². The molecule has 0 aliphatic heterocycles. The largest absolute Gasteiger partial charge is 0.503 e. The molecule has 0 saturated carbocycles. The number of benzene rings is 2. The molecule has 0 amide bonds. The Morgan fingerprint density at radius 1 is 1.00 bits per heavy atom. The minimum Gasteiger partial charge on any atom is -0.503 e. The summed E-state index contributed by atoms with van der Waals surface area (Å²) < 4.78 is 0. The quantitative estimate of drug-likeness (QED) is 0.525. The lowest BCUT2D eigenvalue weighted by atomic mass is 9.98. The van der Waals surface area contributed by atoms with Crippen LogP contribution in [0.5, 0.6) is 5.75 Å². The first-order chi connectivity index (χ1) is 11.2. The second-order valence-electron chi connectivity index (χ2n) is 5.07. The minimum atomic E-state index is -0.513. The average Bonchev–Trinajstić information content (AvgIpc) is 3.10. The van der Waals surface area contributed by atoms with Crippen LogP contribution in [-0.4, -0.2) is 30.7 Å². The van der Waals surface area contributed by atoms with Gasteiger partial charge in [-0.25, -0.2) is 0 Å². The molecule has 0 unspecified atom stereocenters. The molecule has 0 fully saturated rings. The Bertz CT molecular complexity index is 1050. The molecule has 4 aromatic rings. The normalized spacial score (nSPS) is 11.0. The van der Waals surface area contributed by atoms with E-state index in [0.29, 0.717) is 11.3 Å². The van der Waals surface area contributed by atoms with Crippen LogP contribution >= 0.6 is 0 Å². The molecule has 112 valence electrons. The zero-order chi connectivity index (χ0) is 15.8. The standard InChI is InChI=1S/C16H11N5O2/c22-14-8-10-6-5-9(7-13(10)17-16(14)23)11-3-1-2-4-12(11)15-18-20-21-19-15/h1-8,22H,(H,17,23)(H,18,19,20,21). The topological polar surface area (TPSA) is 108 Å². The molecule has 2 heterocycles. The Kier molecular flexibility index (Phi) is 2.90. The maximum atomic E-state index is 11.6. The highest BCUT2D eigenvalue weighted by Crippen LogP contribution is 2.31. The van der Waals surface area contributed by atoms with Gasteiger partial charge in [-0.3, -0.25) is 4.79 Å². The second-order valence-corrected chi connectivity index (χ2v) is 5.07. The molecular weight excluding hydrogens is 294 g/mol. The lowest BCUT2D eigenvalue weighted by molar-refractivity contribution is 0.468. The van der Waals surface area contributed by atoms with Crippen molar-refractivity contribution in [3.8, 4) is 28.3 Å². The average molecular weight is 305 g/mol. The van der Waals surface area contributed by atoms with Crippen molar-refractivity contribution in [2.75, 3.05) is 0 Å². The van der Waals surface area contributed by atoms with Crippen LogP contribution in [0.1, 0.15) is 0 Å². The zero-order valence-corrected chi connectivity index (χ0v) is 11.8. The van der Waals surface area contributed by atoms with E-state index in [1.807, 2.05) is 42.5 Å². The molecule has 0 atom stereocenters. The van der Waals surface area contributed by atoms with E-state index in [1.165, 1.54) is 6.07 Å². The monoisotopic (exact) mass is 305 g/mol. The zero-order valence-electron chi connectivity index (χ0n) is 11.8. The van der Waals surface area contributed by atoms with E-state index in [9.17, 15) is 9.90 Å². The summed E-state index contributed by atoms with van der Waals surface area (Å²) in [6.07, 6.45) is 0.